The first-order valence-electron chi connectivity index (χ1n) is 9.67. The van der Waals surface area contributed by atoms with Crippen LogP contribution in [0.3, 0.4) is 0 Å². The molecule has 2 amide bonds. The molecule has 0 aliphatic carbocycles. The van der Waals surface area contributed by atoms with Gasteiger partial charge in [-0.2, -0.15) is 5.10 Å². The summed E-state index contributed by atoms with van der Waals surface area (Å²) in [5.41, 5.74) is 3.09. The average Bonchev–Trinajstić information content (AvgIpc) is 3.32. The molecule has 1 aliphatic rings. The van der Waals surface area contributed by atoms with Crippen LogP contribution in [0.25, 0.3) is 11.0 Å². The number of imidazole rings is 1. The number of likely N-dealkylation sites (tertiary alicyclic amines) is 1. The molecule has 0 unspecified atom stereocenters. The Hall–Kier alpha value is -2.81. The second kappa shape index (κ2) is 8.28. The van der Waals surface area contributed by atoms with Crippen LogP contribution in [0.4, 0.5) is 5.82 Å². The lowest BCUT2D eigenvalue weighted by atomic mass is 10.1. The van der Waals surface area contributed by atoms with Gasteiger partial charge in [-0.1, -0.05) is 17.8 Å². The summed E-state index contributed by atoms with van der Waals surface area (Å²) in [6.45, 7) is 4.90. The van der Waals surface area contributed by atoms with E-state index in [9.17, 15) is 9.59 Å². The van der Waals surface area contributed by atoms with E-state index in [1.807, 2.05) is 28.6 Å². The Labute approximate surface area is 173 Å². The highest BCUT2D eigenvalue weighted by molar-refractivity contribution is 7.99. The summed E-state index contributed by atoms with van der Waals surface area (Å²) in [7, 11) is 0. The van der Waals surface area contributed by atoms with Crippen LogP contribution in [0.5, 0.6) is 0 Å². The highest BCUT2D eigenvalue weighted by Gasteiger charge is 2.25. The van der Waals surface area contributed by atoms with Crippen LogP contribution in [0, 0.1) is 6.92 Å². The molecule has 0 spiro atoms. The standard InChI is InChI=1S/C20H24N6O2S/c1-13-3-4-16-17(11-13)24-20(23-16)29-12-19(28)25-9-6-15(7-10-25)26-18(5-8-21-26)22-14(2)27/h3-5,8,11,15H,6-7,9-10,12H2,1-2H3,(H,22,27)(H,23,24). The van der Waals surface area contributed by atoms with Crippen molar-refractivity contribution in [1.29, 1.82) is 0 Å². The lowest BCUT2D eigenvalue weighted by Crippen LogP contribution is -2.40. The maximum absolute atomic E-state index is 12.6. The lowest BCUT2D eigenvalue weighted by Gasteiger charge is -2.32. The number of aromatic amines is 1. The predicted molar refractivity (Wildman–Crippen MR) is 113 cm³/mol. The first kappa shape index (κ1) is 19.5. The van der Waals surface area contributed by atoms with Gasteiger partial charge in [-0.25, -0.2) is 9.67 Å². The normalized spacial score (nSPS) is 15.0. The van der Waals surface area contributed by atoms with E-state index in [4.69, 9.17) is 0 Å². The van der Waals surface area contributed by atoms with Crippen LogP contribution in [0.1, 0.15) is 31.4 Å². The fourth-order valence-electron chi connectivity index (χ4n) is 3.63. The summed E-state index contributed by atoms with van der Waals surface area (Å²) in [5.74, 6) is 1.07. The van der Waals surface area contributed by atoms with Crippen molar-refractivity contribution in [2.24, 2.45) is 0 Å². The van der Waals surface area contributed by atoms with Crippen molar-refractivity contribution in [3.63, 3.8) is 0 Å². The van der Waals surface area contributed by atoms with Gasteiger partial charge in [0.25, 0.3) is 0 Å². The number of amides is 2. The number of nitrogens with zero attached hydrogens (tertiary/aromatic N) is 4. The smallest absolute Gasteiger partial charge is 0.233 e. The molecule has 1 aliphatic heterocycles. The SMILES string of the molecule is CC(=O)Nc1ccnn1C1CCN(C(=O)CSc2nc3ccc(C)cc3[nH]2)CC1. The fourth-order valence-corrected chi connectivity index (χ4v) is 4.42. The van der Waals surface area contributed by atoms with Crippen molar-refractivity contribution in [3.05, 3.63) is 36.0 Å². The van der Waals surface area contributed by atoms with Crippen molar-refractivity contribution >= 4 is 40.4 Å². The third-order valence-corrected chi connectivity index (χ3v) is 5.94. The number of piperidine rings is 1. The monoisotopic (exact) mass is 412 g/mol. The van der Waals surface area contributed by atoms with Crippen LogP contribution >= 0.6 is 11.8 Å². The molecule has 1 aromatic carbocycles. The highest BCUT2D eigenvalue weighted by atomic mass is 32.2. The maximum atomic E-state index is 12.6. The number of benzene rings is 1. The molecule has 29 heavy (non-hydrogen) atoms. The molecule has 0 bridgehead atoms. The van der Waals surface area contributed by atoms with E-state index in [0.29, 0.717) is 24.7 Å². The number of hydrogen-bond donors (Lipinski definition) is 2. The van der Waals surface area contributed by atoms with E-state index in [-0.39, 0.29) is 17.9 Å². The lowest BCUT2D eigenvalue weighted by molar-refractivity contribution is -0.129. The minimum atomic E-state index is -0.114. The van der Waals surface area contributed by atoms with E-state index >= 15 is 0 Å². The number of hydrogen-bond acceptors (Lipinski definition) is 5. The van der Waals surface area contributed by atoms with E-state index in [1.54, 1.807) is 12.3 Å². The molecule has 2 N–H and O–H groups in total. The molecule has 0 atom stereocenters. The molecule has 4 rings (SSSR count). The Bertz CT molecular complexity index is 1030. The van der Waals surface area contributed by atoms with E-state index in [1.165, 1.54) is 24.2 Å². The Morgan fingerprint density at radius 2 is 2.07 bits per heavy atom. The summed E-state index contributed by atoms with van der Waals surface area (Å²) in [4.78, 5) is 33.7. The zero-order chi connectivity index (χ0) is 20.4. The Kier molecular flexibility index (Phi) is 5.57. The largest absolute Gasteiger partial charge is 0.342 e. The maximum Gasteiger partial charge on any atom is 0.233 e. The molecule has 1 fully saturated rings. The molecule has 8 nitrogen and oxygen atoms in total. The zero-order valence-corrected chi connectivity index (χ0v) is 17.3. The molecule has 0 saturated carbocycles. The average molecular weight is 413 g/mol. The van der Waals surface area contributed by atoms with E-state index < -0.39 is 0 Å². The molecule has 3 heterocycles. The van der Waals surface area contributed by atoms with Gasteiger partial charge in [-0.05, 0) is 37.5 Å². The Balaban J connectivity index is 1.31. The molecule has 9 heteroatoms. The van der Waals surface area contributed by atoms with Crippen LogP contribution in [-0.2, 0) is 9.59 Å². The molecular formula is C20H24N6O2S. The fraction of sp³-hybridized carbons (Fsp3) is 0.400. The van der Waals surface area contributed by atoms with Crippen LogP contribution < -0.4 is 5.32 Å². The quantitative estimate of drug-likeness (QED) is 0.628. The summed E-state index contributed by atoms with van der Waals surface area (Å²) in [6, 6.07) is 8.06. The minimum Gasteiger partial charge on any atom is -0.342 e. The molecule has 2 aromatic heterocycles. The number of aromatic nitrogens is 4. The van der Waals surface area contributed by atoms with Gasteiger partial charge >= 0.3 is 0 Å². The van der Waals surface area contributed by atoms with E-state index in [0.717, 1.165) is 29.0 Å². The number of carbonyl (C=O) groups is 2. The molecule has 1 saturated heterocycles. The summed E-state index contributed by atoms with van der Waals surface area (Å²) < 4.78 is 1.86. The molecule has 3 aromatic rings. The number of thioether (sulfide) groups is 1. The van der Waals surface area contributed by atoms with Gasteiger partial charge in [0.15, 0.2) is 5.16 Å². The number of H-pyrrole nitrogens is 1. The number of carbonyl (C=O) groups excluding carboxylic acids is 2. The third-order valence-electron chi connectivity index (χ3n) is 5.09. The topological polar surface area (TPSA) is 95.9 Å². The van der Waals surface area contributed by atoms with Crippen molar-refractivity contribution in [3.8, 4) is 0 Å². The van der Waals surface area contributed by atoms with Gasteiger partial charge in [-0.3, -0.25) is 9.59 Å². The van der Waals surface area contributed by atoms with Gasteiger partial charge in [0, 0.05) is 26.1 Å². The molecule has 152 valence electrons. The Morgan fingerprint density at radius 3 is 2.83 bits per heavy atom. The van der Waals surface area contributed by atoms with Crippen LogP contribution in [0.2, 0.25) is 0 Å². The van der Waals surface area contributed by atoms with Crippen LogP contribution in [-0.4, -0.2) is 55.3 Å². The van der Waals surface area contributed by atoms with Crippen molar-refractivity contribution in [2.45, 2.75) is 37.9 Å². The molecule has 0 radical (unpaired) electrons. The minimum absolute atomic E-state index is 0.114. The van der Waals surface area contributed by atoms with Crippen LogP contribution in [0.15, 0.2) is 35.6 Å². The predicted octanol–water partition coefficient (Wildman–Crippen LogP) is 2.98. The summed E-state index contributed by atoms with van der Waals surface area (Å²) in [5, 5.41) is 7.92. The van der Waals surface area contributed by atoms with Gasteiger partial charge in [0.05, 0.1) is 29.0 Å². The van der Waals surface area contributed by atoms with E-state index in [2.05, 4.69) is 26.4 Å². The molecular weight excluding hydrogens is 388 g/mol. The van der Waals surface area contributed by atoms with Crippen molar-refractivity contribution in [2.75, 3.05) is 24.2 Å². The van der Waals surface area contributed by atoms with Gasteiger partial charge in [-0.15, -0.1) is 0 Å². The van der Waals surface area contributed by atoms with Gasteiger partial charge < -0.3 is 15.2 Å². The zero-order valence-electron chi connectivity index (χ0n) is 16.5. The number of nitrogens with one attached hydrogen (secondary N) is 2. The second-order valence-corrected chi connectivity index (χ2v) is 8.27. The first-order valence-corrected chi connectivity index (χ1v) is 10.7. The first-order chi connectivity index (χ1) is 14.0. The Morgan fingerprint density at radius 1 is 1.28 bits per heavy atom. The van der Waals surface area contributed by atoms with Crippen molar-refractivity contribution < 1.29 is 9.59 Å². The number of rotatable bonds is 5. The summed E-state index contributed by atoms with van der Waals surface area (Å²) in [6.07, 6.45) is 3.32. The number of aryl methyl sites for hydroxylation is 1. The number of fused-ring (bicyclic) bond motifs is 1. The third kappa shape index (κ3) is 4.45. The summed E-state index contributed by atoms with van der Waals surface area (Å²) >= 11 is 1.44. The van der Waals surface area contributed by atoms with Gasteiger partial charge in [0.1, 0.15) is 5.82 Å². The van der Waals surface area contributed by atoms with Gasteiger partial charge in [0.2, 0.25) is 11.8 Å². The van der Waals surface area contributed by atoms with Crippen molar-refractivity contribution in [1.82, 2.24) is 24.6 Å². The number of anilines is 1. The highest BCUT2D eigenvalue weighted by Crippen LogP contribution is 2.26. The second-order valence-electron chi connectivity index (χ2n) is 7.31.